The molecule has 0 spiro atoms. The maximum atomic E-state index is 11.1. The number of rotatable bonds is 2. The van der Waals surface area contributed by atoms with Crippen LogP contribution in [0.2, 0.25) is 5.02 Å². The van der Waals surface area contributed by atoms with Crippen LogP contribution in [0.15, 0.2) is 28.8 Å². The zero-order valence-corrected chi connectivity index (χ0v) is 12.3. The first-order valence-electron chi connectivity index (χ1n) is 7.11. The van der Waals surface area contributed by atoms with Crippen LogP contribution in [0.1, 0.15) is 30.6 Å². The fourth-order valence-corrected chi connectivity index (χ4v) is 2.98. The predicted octanol–water partition coefficient (Wildman–Crippen LogP) is 3.96. The van der Waals surface area contributed by atoms with Crippen LogP contribution < -0.4 is 0 Å². The van der Waals surface area contributed by atoms with Gasteiger partial charge in [-0.05, 0) is 37.8 Å². The van der Waals surface area contributed by atoms with Crippen molar-refractivity contribution in [3.8, 4) is 11.3 Å². The minimum atomic E-state index is -0.712. The van der Waals surface area contributed by atoms with Gasteiger partial charge in [-0.1, -0.05) is 28.9 Å². The van der Waals surface area contributed by atoms with E-state index < -0.39 is 5.97 Å². The Morgan fingerprint density at radius 3 is 2.71 bits per heavy atom. The molecule has 0 amide bonds. The summed E-state index contributed by atoms with van der Waals surface area (Å²) in [7, 11) is 0. The first kappa shape index (κ1) is 14.1. The summed E-state index contributed by atoms with van der Waals surface area (Å²) in [6, 6.07) is 7.53. The number of aliphatic carboxylic acids is 1. The fraction of sp³-hybridized carbons (Fsp3) is 0.375. The van der Waals surface area contributed by atoms with Crippen LogP contribution in [0.25, 0.3) is 11.3 Å². The normalized spacial score (nSPS) is 18.6. The molecule has 21 heavy (non-hydrogen) atoms. The van der Waals surface area contributed by atoms with Gasteiger partial charge in [0.2, 0.25) is 0 Å². The molecule has 1 unspecified atom stereocenters. The second-order valence-corrected chi connectivity index (χ2v) is 5.84. The van der Waals surface area contributed by atoms with Crippen molar-refractivity contribution in [3.63, 3.8) is 0 Å². The van der Waals surface area contributed by atoms with Crippen molar-refractivity contribution in [2.24, 2.45) is 5.92 Å². The molecule has 1 atom stereocenters. The molecule has 110 valence electrons. The molecule has 0 aliphatic heterocycles. The molecule has 2 aromatic rings. The number of halogens is 1. The van der Waals surface area contributed by atoms with Crippen molar-refractivity contribution in [2.45, 2.75) is 32.1 Å². The lowest BCUT2D eigenvalue weighted by Crippen LogP contribution is -2.16. The van der Waals surface area contributed by atoms with Gasteiger partial charge in [0.1, 0.15) is 11.5 Å². The quantitative estimate of drug-likeness (QED) is 0.912. The summed E-state index contributed by atoms with van der Waals surface area (Å²) < 4.78 is 5.46. The lowest BCUT2D eigenvalue weighted by molar-refractivity contribution is -0.142. The number of carbonyl (C=O) groups is 1. The van der Waals surface area contributed by atoms with Crippen LogP contribution in [0, 0.1) is 5.92 Å². The number of hydrogen-bond acceptors (Lipinski definition) is 3. The van der Waals surface area contributed by atoms with Crippen LogP contribution in [0.4, 0.5) is 0 Å². The van der Waals surface area contributed by atoms with Gasteiger partial charge in [-0.2, -0.15) is 0 Å². The fourth-order valence-electron chi connectivity index (χ4n) is 2.85. The highest BCUT2D eigenvalue weighted by Crippen LogP contribution is 2.32. The molecule has 3 rings (SSSR count). The van der Waals surface area contributed by atoms with E-state index in [1.165, 1.54) is 0 Å². The van der Waals surface area contributed by atoms with E-state index in [2.05, 4.69) is 5.16 Å². The molecule has 1 aliphatic carbocycles. The number of aromatic nitrogens is 1. The highest BCUT2D eigenvalue weighted by atomic mass is 35.5. The predicted molar refractivity (Wildman–Crippen MR) is 79.3 cm³/mol. The largest absolute Gasteiger partial charge is 0.481 e. The van der Waals surface area contributed by atoms with Crippen LogP contribution in [0.5, 0.6) is 0 Å². The van der Waals surface area contributed by atoms with Crippen LogP contribution >= 0.6 is 11.6 Å². The van der Waals surface area contributed by atoms with Crippen molar-refractivity contribution < 1.29 is 14.4 Å². The summed E-state index contributed by atoms with van der Waals surface area (Å²) in [5, 5.41) is 14.0. The molecule has 0 saturated carbocycles. The van der Waals surface area contributed by atoms with Gasteiger partial charge in [0.25, 0.3) is 0 Å². The number of benzene rings is 1. The molecule has 0 bridgehead atoms. The smallest absolute Gasteiger partial charge is 0.306 e. The van der Waals surface area contributed by atoms with Gasteiger partial charge in [0.15, 0.2) is 0 Å². The first-order chi connectivity index (χ1) is 10.1. The number of aryl methyl sites for hydroxylation is 1. The van der Waals surface area contributed by atoms with Crippen LogP contribution in [-0.4, -0.2) is 16.2 Å². The SMILES string of the molecule is O=C(O)C1CCCc2c(-c3ccc(Cl)cc3)noc2CC1. The zero-order valence-electron chi connectivity index (χ0n) is 11.5. The van der Waals surface area contributed by atoms with Gasteiger partial charge < -0.3 is 9.63 Å². The molecule has 0 saturated heterocycles. The zero-order chi connectivity index (χ0) is 14.8. The average molecular weight is 306 g/mol. The summed E-state index contributed by atoms with van der Waals surface area (Å²) in [6.45, 7) is 0. The van der Waals surface area contributed by atoms with Crippen LogP contribution in [-0.2, 0) is 17.6 Å². The molecule has 4 nitrogen and oxygen atoms in total. The molecule has 1 aromatic heterocycles. The summed E-state index contributed by atoms with van der Waals surface area (Å²) in [4.78, 5) is 11.1. The Balaban J connectivity index is 1.89. The minimum absolute atomic E-state index is 0.276. The van der Waals surface area contributed by atoms with Gasteiger partial charge >= 0.3 is 5.97 Å². The summed E-state index contributed by atoms with van der Waals surface area (Å²) in [6.07, 6.45) is 3.59. The van der Waals surface area contributed by atoms with Crippen molar-refractivity contribution in [1.29, 1.82) is 0 Å². The second-order valence-electron chi connectivity index (χ2n) is 5.41. The van der Waals surface area contributed by atoms with E-state index >= 15 is 0 Å². The van der Waals surface area contributed by atoms with E-state index in [4.69, 9.17) is 21.2 Å². The highest BCUT2D eigenvalue weighted by Gasteiger charge is 2.24. The topological polar surface area (TPSA) is 63.3 Å². The van der Waals surface area contributed by atoms with Crippen LogP contribution in [0.3, 0.4) is 0 Å². The Kier molecular flexibility index (Phi) is 3.97. The Labute approximate surface area is 127 Å². The van der Waals surface area contributed by atoms with E-state index in [-0.39, 0.29) is 5.92 Å². The molecule has 1 N–H and O–H groups in total. The number of fused-ring (bicyclic) bond motifs is 1. The van der Waals surface area contributed by atoms with Crippen molar-refractivity contribution in [2.75, 3.05) is 0 Å². The Morgan fingerprint density at radius 1 is 1.24 bits per heavy atom. The molecule has 0 radical (unpaired) electrons. The van der Waals surface area contributed by atoms with E-state index in [1.807, 2.05) is 24.3 Å². The molecule has 5 heteroatoms. The third-order valence-electron chi connectivity index (χ3n) is 4.04. The van der Waals surface area contributed by atoms with Crippen molar-refractivity contribution >= 4 is 17.6 Å². The highest BCUT2D eigenvalue weighted by molar-refractivity contribution is 6.30. The maximum Gasteiger partial charge on any atom is 0.306 e. The van der Waals surface area contributed by atoms with Gasteiger partial charge in [0.05, 0.1) is 5.92 Å². The molecule has 0 fully saturated rings. The van der Waals surface area contributed by atoms with E-state index in [0.29, 0.717) is 24.3 Å². The van der Waals surface area contributed by atoms with E-state index in [1.54, 1.807) is 0 Å². The standard InChI is InChI=1S/C16H16ClNO3/c17-12-7-4-10(5-8-12)15-13-3-1-2-11(16(19)20)6-9-14(13)21-18-15/h4-5,7-8,11H,1-3,6,9H2,(H,19,20). The summed E-state index contributed by atoms with van der Waals surface area (Å²) in [5.41, 5.74) is 2.95. The molecule has 1 aliphatic rings. The number of carboxylic acids is 1. The third kappa shape index (κ3) is 2.95. The average Bonchev–Trinajstić information content (AvgIpc) is 2.81. The van der Waals surface area contributed by atoms with E-state index in [0.717, 1.165) is 35.4 Å². The monoisotopic (exact) mass is 305 g/mol. The number of nitrogens with zero attached hydrogens (tertiary/aromatic N) is 1. The van der Waals surface area contributed by atoms with Gasteiger partial charge in [-0.3, -0.25) is 4.79 Å². The summed E-state index contributed by atoms with van der Waals surface area (Å²) in [5.74, 6) is -0.163. The lowest BCUT2D eigenvalue weighted by atomic mass is 9.89. The lowest BCUT2D eigenvalue weighted by Gasteiger charge is -2.15. The van der Waals surface area contributed by atoms with Gasteiger partial charge in [-0.25, -0.2) is 0 Å². The number of hydrogen-bond donors (Lipinski definition) is 1. The van der Waals surface area contributed by atoms with E-state index in [9.17, 15) is 4.79 Å². The van der Waals surface area contributed by atoms with Crippen molar-refractivity contribution in [1.82, 2.24) is 5.16 Å². The Morgan fingerprint density at radius 2 is 2.00 bits per heavy atom. The number of carboxylic acid groups (broad SMARTS) is 1. The first-order valence-corrected chi connectivity index (χ1v) is 7.49. The maximum absolute atomic E-state index is 11.1. The second kappa shape index (κ2) is 5.90. The Bertz CT molecular complexity index is 648. The Hall–Kier alpha value is -1.81. The van der Waals surface area contributed by atoms with Crippen molar-refractivity contribution in [3.05, 3.63) is 40.6 Å². The molecular formula is C16H16ClNO3. The van der Waals surface area contributed by atoms with Gasteiger partial charge in [0, 0.05) is 22.6 Å². The van der Waals surface area contributed by atoms with Gasteiger partial charge in [-0.15, -0.1) is 0 Å². The minimum Gasteiger partial charge on any atom is -0.481 e. The summed E-state index contributed by atoms with van der Waals surface area (Å²) >= 11 is 5.91. The third-order valence-corrected chi connectivity index (χ3v) is 4.29. The molecule has 1 heterocycles. The molecule has 1 aromatic carbocycles. The molecular weight excluding hydrogens is 290 g/mol.